The monoisotopic (exact) mass is 297 g/mol. The van der Waals surface area contributed by atoms with Crippen molar-refractivity contribution in [3.63, 3.8) is 0 Å². The molecule has 114 valence electrons. The summed E-state index contributed by atoms with van der Waals surface area (Å²) in [6.07, 6.45) is 6.78. The highest BCUT2D eigenvalue weighted by Gasteiger charge is 2.41. The molecule has 0 bridgehead atoms. The number of aromatic nitrogens is 2. The zero-order valence-electron chi connectivity index (χ0n) is 13.2. The number of hydrogen-bond donors (Lipinski definition) is 1. The molecule has 3 nitrogen and oxygen atoms in total. The molecule has 1 aromatic heterocycles. The molecule has 1 aliphatic rings. The van der Waals surface area contributed by atoms with Crippen LogP contribution in [0.1, 0.15) is 65.1 Å². The van der Waals surface area contributed by atoms with Crippen LogP contribution in [0.4, 0.5) is 0 Å². The molecule has 0 spiro atoms. The van der Waals surface area contributed by atoms with Crippen LogP contribution in [0.25, 0.3) is 0 Å². The number of aryl methyl sites for hydroxylation is 1. The van der Waals surface area contributed by atoms with Crippen molar-refractivity contribution in [2.24, 2.45) is 11.3 Å². The Balaban J connectivity index is 2.35. The van der Waals surface area contributed by atoms with E-state index in [-0.39, 0.29) is 0 Å². The molecule has 1 aliphatic carbocycles. The molecule has 2 rings (SSSR count). The van der Waals surface area contributed by atoms with Crippen LogP contribution in [0.5, 0.6) is 0 Å². The largest absolute Gasteiger partial charge is 0.309 e. The average molecular weight is 298 g/mol. The van der Waals surface area contributed by atoms with E-state index >= 15 is 0 Å². The smallest absolute Gasteiger partial charge is 0.0834 e. The van der Waals surface area contributed by atoms with Gasteiger partial charge in [-0.2, -0.15) is 5.10 Å². The summed E-state index contributed by atoms with van der Waals surface area (Å²) < 4.78 is 2.10. The molecular weight excluding hydrogens is 270 g/mol. The fourth-order valence-corrected chi connectivity index (χ4v) is 3.95. The number of nitrogens with one attached hydrogen (secondary N) is 1. The third-order valence-corrected chi connectivity index (χ3v) is 5.02. The van der Waals surface area contributed by atoms with Gasteiger partial charge < -0.3 is 5.32 Å². The summed E-state index contributed by atoms with van der Waals surface area (Å²) in [5.74, 6) is 0.632. The molecule has 2 unspecified atom stereocenters. The van der Waals surface area contributed by atoms with Crippen LogP contribution in [0, 0.1) is 11.3 Å². The van der Waals surface area contributed by atoms with Gasteiger partial charge in [-0.15, -0.1) is 0 Å². The predicted molar refractivity (Wildman–Crippen MR) is 85.1 cm³/mol. The lowest BCUT2D eigenvalue weighted by molar-refractivity contribution is 0.192. The molecule has 0 aromatic carbocycles. The van der Waals surface area contributed by atoms with Crippen molar-refractivity contribution in [1.29, 1.82) is 0 Å². The third-order valence-electron chi connectivity index (χ3n) is 4.73. The van der Waals surface area contributed by atoms with Crippen LogP contribution in [0.2, 0.25) is 5.02 Å². The molecule has 1 fully saturated rings. The van der Waals surface area contributed by atoms with E-state index in [2.05, 4.69) is 42.8 Å². The van der Waals surface area contributed by atoms with Gasteiger partial charge in [0.2, 0.25) is 0 Å². The summed E-state index contributed by atoms with van der Waals surface area (Å²) >= 11 is 6.46. The van der Waals surface area contributed by atoms with E-state index in [1.165, 1.54) is 25.0 Å². The Hall–Kier alpha value is -0.540. The topological polar surface area (TPSA) is 29.9 Å². The maximum absolute atomic E-state index is 6.46. The average Bonchev–Trinajstić information content (AvgIpc) is 2.91. The van der Waals surface area contributed by atoms with Gasteiger partial charge in [0.25, 0.3) is 0 Å². The molecule has 1 N–H and O–H groups in total. The Labute approximate surface area is 128 Å². The lowest BCUT2D eigenvalue weighted by Gasteiger charge is -2.35. The number of hydrogen-bond acceptors (Lipinski definition) is 2. The first-order valence-corrected chi connectivity index (χ1v) is 8.33. The van der Waals surface area contributed by atoms with Crippen molar-refractivity contribution < 1.29 is 0 Å². The lowest BCUT2D eigenvalue weighted by Crippen LogP contribution is -2.35. The quantitative estimate of drug-likeness (QED) is 0.842. The van der Waals surface area contributed by atoms with Gasteiger partial charge in [-0.05, 0) is 37.1 Å². The van der Waals surface area contributed by atoms with Gasteiger partial charge in [0.1, 0.15) is 0 Å². The molecule has 1 aromatic rings. The standard InChI is InChI=1S/C16H28ClN3/c1-5-10-20-15(13(17)11-19-20)14(18-6-2)12-8-7-9-16(12,3)4/h11-12,14,18H,5-10H2,1-4H3. The molecule has 2 atom stereocenters. The van der Waals surface area contributed by atoms with E-state index in [1.54, 1.807) is 6.20 Å². The summed E-state index contributed by atoms with van der Waals surface area (Å²) in [4.78, 5) is 0. The molecule has 4 heteroatoms. The van der Waals surface area contributed by atoms with Crippen LogP contribution in [-0.2, 0) is 6.54 Å². The number of rotatable bonds is 6. The van der Waals surface area contributed by atoms with Crippen molar-refractivity contribution in [3.05, 3.63) is 16.9 Å². The van der Waals surface area contributed by atoms with Crippen LogP contribution in [0.15, 0.2) is 6.20 Å². The van der Waals surface area contributed by atoms with E-state index in [0.29, 0.717) is 17.4 Å². The van der Waals surface area contributed by atoms with Crippen LogP contribution in [0.3, 0.4) is 0 Å². The first kappa shape index (κ1) is 15.8. The van der Waals surface area contributed by atoms with Gasteiger partial charge in [-0.1, -0.05) is 45.7 Å². The molecule has 1 heterocycles. The minimum absolute atomic E-state index is 0.319. The highest BCUT2D eigenvalue weighted by atomic mass is 35.5. The second kappa shape index (κ2) is 6.48. The van der Waals surface area contributed by atoms with Crippen molar-refractivity contribution in [1.82, 2.24) is 15.1 Å². The molecule has 0 amide bonds. The molecule has 0 aliphatic heterocycles. The van der Waals surface area contributed by atoms with E-state index in [0.717, 1.165) is 24.5 Å². The summed E-state index contributed by atoms with van der Waals surface area (Å²) in [5, 5.41) is 8.96. The predicted octanol–water partition coefficient (Wildman–Crippen LogP) is 4.42. The van der Waals surface area contributed by atoms with Crippen LogP contribution in [-0.4, -0.2) is 16.3 Å². The highest BCUT2D eigenvalue weighted by Crippen LogP contribution is 2.49. The zero-order valence-corrected chi connectivity index (χ0v) is 14.0. The van der Waals surface area contributed by atoms with Gasteiger partial charge in [0, 0.05) is 6.54 Å². The van der Waals surface area contributed by atoms with Crippen molar-refractivity contribution in [3.8, 4) is 0 Å². The summed E-state index contributed by atoms with van der Waals surface area (Å²) in [6.45, 7) is 11.0. The summed E-state index contributed by atoms with van der Waals surface area (Å²) in [6, 6.07) is 0.319. The third kappa shape index (κ3) is 3.04. The van der Waals surface area contributed by atoms with Gasteiger partial charge >= 0.3 is 0 Å². The normalized spacial score (nSPS) is 23.1. The van der Waals surface area contributed by atoms with Gasteiger partial charge in [0.05, 0.1) is 23.0 Å². The first-order valence-electron chi connectivity index (χ1n) is 7.95. The maximum Gasteiger partial charge on any atom is 0.0834 e. The molecule has 0 radical (unpaired) electrons. The van der Waals surface area contributed by atoms with Crippen LogP contribution >= 0.6 is 11.6 Å². The second-order valence-electron chi connectivity index (χ2n) is 6.62. The molecular formula is C16H28ClN3. The minimum Gasteiger partial charge on any atom is -0.309 e. The molecule has 1 saturated carbocycles. The van der Waals surface area contributed by atoms with Gasteiger partial charge in [-0.3, -0.25) is 4.68 Å². The van der Waals surface area contributed by atoms with E-state index in [1.807, 2.05) is 0 Å². The Bertz CT molecular complexity index is 439. The Morgan fingerprint density at radius 3 is 2.80 bits per heavy atom. The Morgan fingerprint density at radius 2 is 2.25 bits per heavy atom. The van der Waals surface area contributed by atoms with Crippen molar-refractivity contribution in [2.75, 3.05) is 6.54 Å². The maximum atomic E-state index is 6.46. The zero-order chi connectivity index (χ0) is 14.8. The summed E-state index contributed by atoms with van der Waals surface area (Å²) in [7, 11) is 0. The van der Waals surface area contributed by atoms with E-state index in [4.69, 9.17) is 11.6 Å². The van der Waals surface area contributed by atoms with Crippen molar-refractivity contribution in [2.45, 2.75) is 66.0 Å². The van der Waals surface area contributed by atoms with Crippen LogP contribution < -0.4 is 5.32 Å². The number of halogens is 1. The Kier molecular flexibility index (Phi) is 5.14. The SMILES string of the molecule is CCCn1ncc(Cl)c1C(NCC)C1CCCC1(C)C. The minimum atomic E-state index is 0.319. The van der Waals surface area contributed by atoms with E-state index in [9.17, 15) is 0 Å². The number of nitrogens with zero attached hydrogens (tertiary/aromatic N) is 2. The fourth-order valence-electron chi connectivity index (χ4n) is 3.69. The van der Waals surface area contributed by atoms with Gasteiger partial charge in [0.15, 0.2) is 0 Å². The van der Waals surface area contributed by atoms with E-state index < -0.39 is 0 Å². The summed E-state index contributed by atoms with van der Waals surface area (Å²) in [5.41, 5.74) is 1.56. The first-order chi connectivity index (χ1) is 9.51. The Morgan fingerprint density at radius 1 is 1.50 bits per heavy atom. The van der Waals surface area contributed by atoms with Gasteiger partial charge in [-0.25, -0.2) is 0 Å². The molecule has 0 saturated heterocycles. The van der Waals surface area contributed by atoms with Crippen molar-refractivity contribution >= 4 is 11.6 Å². The highest BCUT2D eigenvalue weighted by molar-refractivity contribution is 6.31. The fraction of sp³-hybridized carbons (Fsp3) is 0.812. The molecule has 20 heavy (non-hydrogen) atoms. The lowest BCUT2D eigenvalue weighted by atomic mass is 9.76. The second-order valence-corrected chi connectivity index (χ2v) is 7.03.